The average Bonchev–Trinajstić information content (AvgIpc) is 2.96. The number of hydrogen-bond donors (Lipinski definition) is 0. The summed E-state index contributed by atoms with van der Waals surface area (Å²) < 4.78 is 16.8. The van der Waals surface area contributed by atoms with Crippen LogP contribution in [0, 0.1) is 0 Å². The molecule has 31 heavy (non-hydrogen) atoms. The number of carbonyl (C=O) groups excluding carboxylic acids is 2. The maximum absolute atomic E-state index is 13.0. The van der Waals surface area contributed by atoms with Crippen LogP contribution in [-0.4, -0.2) is 72.6 Å². The van der Waals surface area contributed by atoms with Gasteiger partial charge < -0.3 is 24.0 Å². The van der Waals surface area contributed by atoms with Crippen LogP contribution in [0.4, 0.5) is 0 Å². The van der Waals surface area contributed by atoms with Crippen LogP contribution in [-0.2, 0) is 16.1 Å². The molecule has 1 aliphatic rings. The van der Waals surface area contributed by atoms with Crippen LogP contribution in [0.1, 0.15) is 29.9 Å². The molecule has 0 N–H and O–H groups in total. The largest absolute Gasteiger partial charge is 0.497 e. The Balaban J connectivity index is 1.78. The number of carbonyl (C=O) groups is 2. The summed E-state index contributed by atoms with van der Waals surface area (Å²) in [5.41, 5.74) is 1.19. The van der Waals surface area contributed by atoms with Gasteiger partial charge in [-0.2, -0.15) is 0 Å². The van der Waals surface area contributed by atoms with Crippen LogP contribution in [0.25, 0.3) is 0 Å². The molecule has 1 aromatic heterocycles. The Morgan fingerprint density at radius 2 is 1.84 bits per heavy atom. The lowest BCUT2D eigenvalue weighted by Crippen LogP contribution is -2.42. The molecule has 2 amide bonds. The van der Waals surface area contributed by atoms with Crippen molar-refractivity contribution < 1.29 is 23.8 Å². The summed E-state index contributed by atoms with van der Waals surface area (Å²) >= 11 is 0. The van der Waals surface area contributed by atoms with Crippen LogP contribution in [0.15, 0.2) is 42.6 Å². The first-order valence-electron chi connectivity index (χ1n) is 10.2. The van der Waals surface area contributed by atoms with E-state index >= 15 is 0 Å². The van der Waals surface area contributed by atoms with Gasteiger partial charge in [-0.25, -0.2) is 0 Å². The van der Waals surface area contributed by atoms with Crippen LogP contribution < -0.4 is 9.47 Å². The van der Waals surface area contributed by atoms with Gasteiger partial charge in [0.05, 0.1) is 26.9 Å². The molecule has 0 saturated carbocycles. The third kappa shape index (κ3) is 5.73. The van der Waals surface area contributed by atoms with E-state index in [9.17, 15) is 9.59 Å². The summed E-state index contributed by atoms with van der Waals surface area (Å²) in [6.07, 6.45) is 1.22. The maximum Gasteiger partial charge on any atom is 0.273 e. The minimum Gasteiger partial charge on any atom is -0.497 e. The molecule has 1 unspecified atom stereocenters. The number of ether oxygens (including phenoxy) is 3. The van der Waals surface area contributed by atoms with E-state index in [1.807, 2.05) is 26.0 Å². The Morgan fingerprint density at radius 1 is 1.13 bits per heavy atom. The van der Waals surface area contributed by atoms with Gasteiger partial charge in [0.15, 0.2) is 0 Å². The van der Waals surface area contributed by atoms with Gasteiger partial charge in [0, 0.05) is 31.4 Å². The van der Waals surface area contributed by atoms with Crippen molar-refractivity contribution in [1.29, 1.82) is 0 Å². The topological polar surface area (TPSA) is 81.2 Å². The van der Waals surface area contributed by atoms with Gasteiger partial charge in [-0.1, -0.05) is 6.07 Å². The molecular formula is C23H29N3O5. The molecule has 0 radical (unpaired) electrons. The Bertz CT molecular complexity index is 881. The third-order valence-electron chi connectivity index (χ3n) is 5.16. The second-order valence-electron chi connectivity index (χ2n) is 7.69. The summed E-state index contributed by atoms with van der Waals surface area (Å²) in [4.78, 5) is 33.2. The number of methoxy groups -OCH3 is 2. The van der Waals surface area contributed by atoms with Crippen molar-refractivity contribution in [2.75, 3.05) is 33.9 Å². The molecule has 1 aromatic carbocycles. The number of rotatable bonds is 7. The quantitative estimate of drug-likeness (QED) is 0.675. The Kier molecular flexibility index (Phi) is 7.46. The molecule has 8 nitrogen and oxygen atoms in total. The van der Waals surface area contributed by atoms with Gasteiger partial charge in [-0.3, -0.25) is 14.6 Å². The van der Waals surface area contributed by atoms with E-state index in [-0.39, 0.29) is 30.5 Å². The smallest absolute Gasteiger partial charge is 0.273 e. The van der Waals surface area contributed by atoms with Crippen molar-refractivity contribution in [3.05, 3.63) is 53.9 Å². The molecular weight excluding hydrogens is 398 g/mol. The third-order valence-corrected chi connectivity index (χ3v) is 5.16. The molecule has 2 aromatic rings. The van der Waals surface area contributed by atoms with E-state index in [0.29, 0.717) is 36.9 Å². The van der Waals surface area contributed by atoms with Crippen molar-refractivity contribution in [3.63, 3.8) is 0 Å². The van der Waals surface area contributed by atoms with E-state index < -0.39 is 0 Å². The zero-order valence-electron chi connectivity index (χ0n) is 18.4. The van der Waals surface area contributed by atoms with E-state index in [2.05, 4.69) is 4.98 Å². The fourth-order valence-corrected chi connectivity index (χ4v) is 3.52. The first-order valence-corrected chi connectivity index (χ1v) is 10.2. The molecule has 2 heterocycles. The van der Waals surface area contributed by atoms with Crippen LogP contribution >= 0.6 is 0 Å². The number of nitrogens with zero attached hydrogens (tertiary/aromatic N) is 3. The Hall–Kier alpha value is -3.13. The first kappa shape index (κ1) is 22.6. The van der Waals surface area contributed by atoms with Gasteiger partial charge >= 0.3 is 0 Å². The van der Waals surface area contributed by atoms with Crippen molar-refractivity contribution in [2.24, 2.45) is 0 Å². The minimum atomic E-state index is -0.348. The predicted octanol–water partition coefficient (Wildman–Crippen LogP) is 2.38. The van der Waals surface area contributed by atoms with Crippen LogP contribution in [0.5, 0.6) is 11.5 Å². The summed E-state index contributed by atoms with van der Waals surface area (Å²) in [5.74, 6) is 0.958. The number of aromatic nitrogens is 1. The monoisotopic (exact) mass is 427 g/mol. The zero-order valence-corrected chi connectivity index (χ0v) is 18.4. The van der Waals surface area contributed by atoms with Gasteiger partial charge in [0.25, 0.3) is 5.91 Å². The fraction of sp³-hybridized carbons (Fsp3) is 0.435. The van der Waals surface area contributed by atoms with Crippen LogP contribution in [0.3, 0.4) is 0 Å². The van der Waals surface area contributed by atoms with Gasteiger partial charge in [0.2, 0.25) is 5.91 Å². The molecule has 1 atom stereocenters. The highest BCUT2D eigenvalue weighted by atomic mass is 16.5. The second-order valence-corrected chi connectivity index (χ2v) is 7.69. The van der Waals surface area contributed by atoms with Crippen molar-refractivity contribution in [2.45, 2.75) is 32.6 Å². The highest BCUT2D eigenvalue weighted by Gasteiger charge is 2.32. The lowest BCUT2D eigenvalue weighted by atomic mass is 10.2. The normalized spacial score (nSPS) is 16.9. The molecule has 1 aliphatic heterocycles. The lowest BCUT2D eigenvalue weighted by Gasteiger charge is -2.27. The fourth-order valence-electron chi connectivity index (χ4n) is 3.52. The van der Waals surface area contributed by atoms with E-state index in [1.54, 1.807) is 49.6 Å². The summed E-state index contributed by atoms with van der Waals surface area (Å²) in [6.45, 7) is 4.91. The van der Waals surface area contributed by atoms with Gasteiger partial charge in [-0.05, 0) is 43.7 Å². The Morgan fingerprint density at radius 3 is 2.42 bits per heavy atom. The molecule has 0 spiro atoms. The number of pyridine rings is 1. The summed E-state index contributed by atoms with van der Waals surface area (Å²) in [7, 11) is 3.19. The zero-order chi connectivity index (χ0) is 22.4. The standard InChI is InChI=1S/C23H29N3O5/c1-16(2)26-13-20(31-15-17-9-18(29-3)11-19(10-17)30-4)12-25(14-22(26)27)23(28)21-7-5-6-8-24-21/h5-11,16,20H,12-15H2,1-4H3. The molecule has 3 rings (SSSR count). The average molecular weight is 428 g/mol. The molecule has 0 bridgehead atoms. The predicted molar refractivity (Wildman–Crippen MR) is 115 cm³/mol. The molecule has 8 heteroatoms. The SMILES string of the molecule is COc1cc(COC2CN(C(=O)c3ccccn3)CC(=O)N(C(C)C)C2)cc(OC)c1. The van der Waals surface area contributed by atoms with Crippen molar-refractivity contribution in [3.8, 4) is 11.5 Å². The van der Waals surface area contributed by atoms with Gasteiger partial charge in [-0.15, -0.1) is 0 Å². The minimum absolute atomic E-state index is 0.000385. The molecule has 1 saturated heterocycles. The second kappa shape index (κ2) is 10.3. The molecule has 1 fully saturated rings. The molecule has 0 aliphatic carbocycles. The highest BCUT2D eigenvalue weighted by Crippen LogP contribution is 2.24. The number of hydrogen-bond acceptors (Lipinski definition) is 6. The highest BCUT2D eigenvalue weighted by molar-refractivity contribution is 5.95. The van der Waals surface area contributed by atoms with Gasteiger partial charge in [0.1, 0.15) is 23.7 Å². The Labute approximate surface area is 182 Å². The van der Waals surface area contributed by atoms with Crippen molar-refractivity contribution in [1.82, 2.24) is 14.8 Å². The molecule has 166 valence electrons. The maximum atomic E-state index is 13.0. The van der Waals surface area contributed by atoms with E-state index in [0.717, 1.165) is 5.56 Å². The van der Waals surface area contributed by atoms with E-state index in [4.69, 9.17) is 14.2 Å². The number of benzene rings is 1. The summed E-state index contributed by atoms with van der Waals surface area (Å²) in [5, 5.41) is 0. The van der Waals surface area contributed by atoms with Crippen molar-refractivity contribution >= 4 is 11.8 Å². The lowest BCUT2D eigenvalue weighted by molar-refractivity contribution is -0.133. The first-order chi connectivity index (χ1) is 14.9. The van der Waals surface area contributed by atoms with Crippen LogP contribution in [0.2, 0.25) is 0 Å². The van der Waals surface area contributed by atoms with E-state index in [1.165, 1.54) is 4.90 Å². The number of amides is 2. The summed E-state index contributed by atoms with van der Waals surface area (Å²) in [6, 6.07) is 10.7.